The van der Waals surface area contributed by atoms with Crippen molar-refractivity contribution in [1.29, 1.82) is 0 Å². The summed E-state index contributed by atoms with van der Waals surface area (Å²) in [6, 6.07) is 0.863. The van der Waals surface area contributed by atoms with Crippen LogP contribution >= 0.6 is 0 Å². The average molecular weight is 215 g/mol. The highest BCUT2D eigenvalue weighted by Crippen LogP contribution is 2.28. The lowest BCUT2D eigenvalue weighted by Gasteiger charge is -2.16. The minimum atomic E-state index is 0.863. The topological polar surface area (TPSA) is 3.24 Å². The molecule has 0 aromatic carbocycles. The lowest BCUT2D eigenvalue weighted by molar-refractivity contribution is 0.296. The van der Waals surface area contributed by atoms with E-state index in [4.69, 9.17) is 0 Å². The quantitative estimate of drug-likeness (QED) is 0.659. The highest BCUT2D eigenvalue weighted by Gasteiger charge is 2.29. The summed E-state index contributed by atoms with van der Waals surface area (Å²) in [4.78, 5) is 2.52. The highest BCUT2D eigenvalue weighted by molar-refractivity contribution is 4.83. The van der Waals surface area contributed by atoms with Crippen molar-refractivity contribution >= 4 is 0 Å². The van der Waals surface area contributed by atoms with E-state index in [0.717, 1.165) is 17.9 Å². The Morgan fingerprint density at radius 3 is 1.80 bits per heavy atom. The lowest BCUT2D eigenvalue weighted by Crippen LogP contribution is -2.24. The van der Waals surface area contributed by atoms with Crippen LogP contribution in [0.2, 0.25) is 0 Å². The molecule has 2 atom stereocenters. The molecule has 0 aromatic rings. The second-order valence-corrected chi connectivity index (χ2v) is 4.24. The molecule has 0 spiro atoms. The maximum absolute atomic E-state index is 2.52. The van der Waals surface area contributed by atoms with Crippen molar-refractivity contribution in [2.75, 3.05) is 13.6 Å². The van der Waals surface area contributed by atoms with E-state index in [0.29, 0.717) is 0 Å². The molecular weight excluding hydrogens is 182 g/mol. The van der Waals surface area contributed by atoms with Crippen LogP contribution in [-0.2, 0) is 0 Å². The third-order valence-electron chi connectivity index (χ3n) is 3.13. The fourth-order valence-corrected chi connectivity index (χ4v) is 2.08. The fourth-order valence-electron chi connectivity index (χ4n) is 2.08. The van der Waals surface area contributed by atoms with Gasteiger partial charge in [-0.3, -0.25) is 0 Å². The Balaban J connectivity index is 0. The maximum Gasteiger partial charge on any atom is 0.00929 e. The van der Waals surface area contributed by atoms with Crippen molar-refractivity contribution < 1.29 is 0 Å². The largest absolute Gasteiger partial charge is 0.303 e. The Kier molecular flexibility index (Phi) is 12.1. The molecule has 1 saturated heterocycles. The molecule has 0 amide bonds. The summed E-state index contributed by atoms with van der Waals surface area (Å²) in [5, 5.41) is 0. The van der Waals surface area contributed by atoms with Crippen LogP contribution in [0.5, 0.6) is 0 Å². The predicted octanol–water partition coefficient (Wildman–Crippen LogP) is 4.43. The Bertz CT molecular complexity index is 121. The normalized spacial score (nSPS) is 25.4. The SMILES string of the molecule is CC.CC.CCC1CC(C(C)C)CN1C. The van der Waals surface area contributed by atoms with Crippen LogP contribution in [-0.4, -0.2) is 24.5 Å². The van der Waals surface area contributed by atoms with Gasteiger partial charge in [0.15, 0.2) is 0 Å². The number of hydrogen-bond acceptors (Lipinski definition) is 1. The monoisotopic (exact) mass is 215 g/mol. The molecule has 0 radical (unpaired) electrons. The smallest absolute Gasteiger partial charge is 0.00929 e. The maximum atomic E-state index is 2.52. The third-order valence-corrected chi connectivity index (χ3v) is 3.13. The van der Waals surface area contributed by atoms with Crippen molar-refractivity contribution in [2.45, 2.75) is 67.3 Å². The molecule has 0 aromatic heterocycles. The van der Waals surface area contributed by atoms with Crippen molar-refractivity contribution in [3.05, 3.63) is 0 Å². The summed E-state index contributed by atoms with van der Waals surface area (Å²) in [6.07, 6.45) is 2.74. The van der Waals surface area contributed by atoms with Gasteiger partial charge in [-0.2, -0.15) is 0 Å². The number of nitrogens with zero attached hydrogens (tertiary/aromatic N) is 1. The van der Waals surface area contributed by atoms with E-state index in [1.807, 2.05) is 27.7 Å². The second-order valence-electron chi connectivity index (χ2n) is 4.24. The third kappa shape index (κ3) is 6.19. The van der Waals surface area contributed by atoms with Gasteiger partial charge < -0.3 is 4.90 Å². The molecule has 15 heavy (non-hydrogen) atoms. The molecule has 0 aliphatic carbocycles. The molecular formula is C14H33N. The van der Waals surface area contributed by atoms with E-state index < -0.39 is 0 Å². The van der Waals surface area contributed by atoms with Crippen LogP contribution in [0.25, 0.3) is 0 Å². The van der Waals surface area contributed by atoms with Crippen LogP contribution < -0.4 is 0 Å². The molecule has 1 aliphatic heterocycles. The van der Waals surface area contributed by atoms with Crippen molar-refractivity contribution in [2.24, 2.45) is 11.8 Å². The molecule has 2 unspecified atom stereocenters. The molecule has 1 nitrogen and oxygen atoms in total. The molecule has 1 fully saturated rings. The van der Waals surface area contributed by atoms with E-state index in [9.17, 15) is 0 Å². The first-order chi connectivity index (χ1) is 7.15. The summed E-state index contributed by atoms with van der Waals surface area (Å²) < 4.78 is 0. The van der Waals surface area contributed by atoms with Gasteiger partial charge in [0.2, 0.25) is 0 Å². The first-order valence-electron chi connectivity index (χ1n) is 6.85. The zero-order valence-corrected chi connectivity index (χ0v) is 12.3. The minimum absolute atomic E-state index is 0.863. The van der Waals surface area contributed by atoms with E-state index in [-0.39, 0.29) is 0 Å². The Morgan fingerprint density at radius 1 is 1.13 bits per heavy atom. The first-order valence-corrected chi connectivity index (χ1v) is 6.85. The van der Waals surface area contributed by atoms with E-state index in [1.165, 1.54) is 19.4 Å². The van der Waals surface area contributed by atoms with Crippen LogP contribution in [0.15, 0.2) is 0 Å². The van der Waals surface area contributed by atoms with Gasteiger partial charge in [-0.25, -0.2) is 0 Å². The minimum Gasteiger partial charge on any atom is -0.303 e. The molecule has 1 heterocycles. The molecule has 1 heteroatoms. The van der Waals surface area contributed by atoms with Gasteiger partial charge in [-0.15, -0.1) is 0 Å². The van der Waals surface area contributed by atoms with E-state index in [1.54, 1.807) is 0 Å². The van der Waals surface area contributed by atoms with Gasteiger partial charge in [-0.1, -0.05) is 48.5 Å². The van der Waals surface area contributed by atoms with E-state index in [2.05, 4.69) is 32.7 Å². The zero-order valence-electron chi connectivity index (χ0n) is 12.3. The zero-order chi connectivity index (χ0) is 12.4. The fraction of sp³-hybridized carbons (Fsp3) is 1.00. The highest BCUT2D eigenvalue weighted by atomic mass is 15.2. The second kappa shape index (κ2) is 10.5. The Hall–Kier alpha value is -0.0400. The Morgan fingerprint density at radius 2 is 1.60 bits per heavy atom. The molecule has 0 saturated carbocycles. The van der Waals surface area contributed by atoms with E-state index >= 15 is 0 Å². The van der Waals surface area contributed by atoms with Crippen molar-refractivity contribution in [3.63, 3.8) is 0 Å². The van der Waals surface area contributed by atoms with Crippen LogP contribution in [0, 0.1) is 11.8 Å². The van der Waals surface area contributed by atoms with Gasteiger partial charge in [-0.05, 0) is 31.7 Å². The van der Waals surface area contributed by atoms with Crippen LogP contribution in [0.3, 0.4) is 0 Å². The number of rotatable bonds is 2. The van der Waals surface area contributed by atoms with Crippen molar-refractivity contribution in [3.8, 4) is 0 Å². The van der Waals surface area contributed by atoms with Gasteiger partial charge >= 0.3 is 0 Å². The van der Waals surface area contributed by atoms with Gasteiger partial charge in [0, 0.05) is 12.6 Å². The summed E-state index contributed by atoms with van der Waals surface area (Å²) in [7, 11) is 2.26. The lowest BCUT2D eigenvalue weighted by atomic mass is 9.93. The average Bonchev–Trinajstić information content (AvgIpc) is 2.66. The summed E-state index contributed by atoms with van der Waals surface area (Å²) in [5.41, 5.74) is 0. The van der Waals surface area contributed by atoms with Gasteiger partial charge in [0.25, 0.3) is 0 Å². The standard InChI is InChI=1S/C10H21N.2C2H6/c1-5-10-6-9(8(2)3)7-11(10)4;2*1-2/h8-10H,5-7H2,1-4H3;2*1-2H3. The first kappa shape index (κ1) is 17.4. The predicted molar refractivity (Wildman–Crippen MR) is 72.4 cm³/mol. The van der Waals surface area contributed by atoms with Crippen LogP contribution in [0.4, 0.5) is 0 Å². The summed E-state index contributed by atoms with van der Waals surface area (Å²) >= 11 is 0. The Labute approximate surface area is 98.2 Å². The van der Waals surface area contributed by atoms with Crippen molar-refractivity contribution in [1.82, 2.24) is 4.90 Å². The molecule has 1 rings (SSSR count). The molecule has 0 N–H and O–H groups in total. The molecule has 0 bridgehead atoms. The number of likely N-dealkylation sites (tertiary alicyclic amines) is 1. The molecule has 94 valence electrons. The van der Waals surface area contributed by atoms with Gasteiger partial charge in [0.1, 0.15) is 0 Å². The van der Waals surface area contributed by atoms with Gasteiger partial charge in [0.05, 0.1) is 0 Å². The summed E-state index contributed by atoms with van der Waals surface area (Å²) in [6.45, 7) is 16.3. The van der Waals surface area contributed by atoms with Crippen LogP contribution in [0.1, 0.15) is 61.3 Å². The number of hydrogen-bond donors (Lipinski definition) is 0. The molecule has 1 aliphatic rings. The summed E-state index contributed by atoms with van der Waals surface area (Å²) in [5.74, 6) is 1.82.